The molecule has 11 heteroatoms. The van der Waals surface area contributed by atoms with E-state index in [2.05, 4.69) is 15.6 Å². The number of rotatable bonds is 4. The van der Waals surface area contributed by atoms with Gasteiger partial charge in [-0.05, 0) is 12.1 Å². The van der Waals surface area contributed by atoms with Gasteiger partial charge in [0.2, 0.25) is 6.35 Å². The Morgan fingerprint density at radius 3 is 2.57 bits per heavy atom. The summed E-state index contributed by atoms with van der Waals surface area (Å²) in [5.41, 5.74) is -0.353. The molecule has 0 aliphatic carbocycles. The van der Waals surface area contributed by atoms with Gasteiger partial charge in [-0.15, -0.1) is 0 Å². The molecule has 0 spiro atoms. The standard InChI is InChI=1S/C17H15F3N4O4/c1-24(27)15(26)14-12(25)6-11(7-21-14)23-16-22-8-13(28-16)9-2-4-10(5-3-9)17(18,19)20/h2-8,16,22-23,25,27H,1H3. The van der Waals surface area contributed by atoms with Gasteiger partial charge in [-0.1, -0.05) is 12.1 Å². The highest BCUT2D eigenvalue weighted by atomic mass is 19.4. The van der Waals surface area contributed by atoms with Crippen LogP contribution in [0.2, 0.25) is 0 Å². The van der Waals surface area contributed by atoms with Gasteiger partial charge in [0, 0.05) is 24.9 Å². The van der Waals surface area contributed by atoms with E-state index in [1.807, 2.05) is 0 Å². The second kappa shape index (κ2) is 7.27. The fourth-order valence-electron chi connectivity index (χ4n) is 2.39. The lowest BCUT2D eigenvalue weighted by molar-refractivity contribution is -0.137. The molecule has 1 atom stereocenters. The largest absolute Gasteiger partial charge is 0.505 e. The molecule has 0 saturated heterocycles. The first-order chi connectivity index (χ1) is 13.1. The number of hydrogen-bond acceptors (Lipinski definition) is 7. The number of aromatic nitrogens is 1. The monoisotopic (exact) mass is 396 g/mol. The third kappa shape index (κ3) is 4.09. The van der Waals surface area contributed by atoms with Crippen LogP contribution in [0.4, 0.5) is 18.9 Å². The fourth-order valence-corrected chi connectivity index (χ4v) is 2.39. The number of aromatic hydroxyl groups is 1. The maximum atomic E-state index is 12.6. The van der Waals surface area contributed by atoms with Crippen LogP contribution in [0.1, 0.15) is 21.6 Å². The molecule has 0 fully saturated rings. The van der Waals surface area contributed by atoms with E-state index in [1.54, 1.807) is 0 Å². The zero-order valence-electron chi connectivity index (χ0n) is 14.4. The molecule has 1 aromatic carbocycles. The predicted octanol–water partition coefficient (Wildman–Crippen LogP) is 2.58. The van der Waals surface area contributed by atoms with Gasteiger partial charge in [0.15, 0.2) is 5.69 Å². The van der Waals surface area contributed by atoms with Crippen LogP contribution >= 0.6 is 0 Å². The van der Waals surface area contributed by atoms with E-state index >= 15 is 0 Å². The maximum Gasteiger partial charge on any atom is 0.416 e. The lowest BCUT2D eigenvalue weighted by atomic mass is 10.1. The topological polar surface area (TPSA) is 107 Å². The Morgan fingerprint density at radius 2 is 2.00 bits per heavy atom. The molecule has 8 nitrogen and oxygen atoms in total. The summed E-state index contributed by atoms with van der Waals surface area (Å²) in [6.07, 6.45) is -2.47. The smallest absolute Gasteiger partial charge is 0.416 e. The Morgan fingerprint density at radius 1 is 1.32 bits per heavy atom. The van der Waals surface area contributed by atoms with Crippen molar-refractivity contribution in [2.45, 2.75) is 12.5 Å². The summed E-state index contributed by atoms with van der Waals surface area (Å²) in [7, 11) is 1.10. The first-order valence-corrected chi connectivity index (χ1v) is 7.88. The highest BCUT2D eigenvalue weighted by molar-refractivity contribution is 5.94. The Hall–Kier alpha value is -3.47. The summed E-state index contributed by atoms with van der Waals surface area (Å²) < 4.78 is 43.4. The minimum absolute atomic E-state index is 0.289. The maximum absolute atomic E-state index is 12.6. The SMILES string of the molecule is CN(O)C(=O)c1ncc(NC2NC=C(c3ccc(C(F)(F)F)cc3)O2)cc1O. The van der Waals surface area contributed by atoms with E-state index < -0.39 is 29.7 Å². The average Bonchev–Trinajstić information content (AvgIpc) is 3.09. The van der Waals surface area contributed by atoms with Gasteiger partial charge >= 0.3 is 6.18 Å². The molecule has 4 N–H and O–H groups in total. The van der Waals surface area contributed by atoms with Crippen LogP contribution in [0.15, 0.2) is 42.7 Å². The minimum Gasteiger partial charge on any atom is -0.505 e. The van der Waals surface area contributed by atoms with Gasteiger partial charge in [-0.25, -0.2) is 10.0 Å². The number of anilines is 1. The molecule has 2 aromatic rings. The number of hydroxylamine groups is 2. The minimum atomic E-state index is -4.42. The van der Waals surface area contributed by atoms with Crippen molar-refractivity contribution in [3.8, 4) is 5.75 Å². The molecule has 1 amide bonds. The Labute approximate surface area is 156 Å². The summed E-state index contributed by atoms with van der Waals surface area (Å²) in [5, 5.41) is 25.0. The van der Waals surface area contributed by atoms with Crippen molar-refractivity contribution in [3.63, 3.8) is 0 Å². The molecule has 148 valence electrons. The van der Waals surface area contributed by atoms with E-state index in [1.165, 1.54) is 30.6 Å². The van der Waals surface area contributed by atoms with Crippen molar-refractivity contribution in [2.75, 3.05) is 12.4 Å². The van der Waals surface area contributed by atoms with Gasteiger partial charge in [-0.2, -0.15) is 13.2 Å². The van der Waals surface area contributed by atoms with Gasteiger partial charge in [0.05, 0.1) is 17.4 Å². The Balaban J connectivity index is 1.64. The fraction of sp³-hybridized carbons (Fsp3) is 0.176. The summed E-state index contributed by atoms with van der Waals surface area (Å²) in [5.74, 6) is -1.02. The molecule has 1 aromatic heterocycles. The lowest BCUT2D eigenvalue weighted by Crippen LogP contribution is -2.30. The van der Waals surface area contributed by atoms with Crippen LogP contribution in [0, 0.1) is 0 Å². The zero-order chi connectivity index (χ0) is 20.5. The summed E-state index contributed by atoms with van der Waals surface area (Å²) in [4.78, 5) is 15.4. The second-order valence-electron chi connectivity index (χ2n) is 5.81. The number of ether oxygens (including phenoxy) is 1. The average molecular weight is 396 g/mol. The molecule has 1 unspecified atom stereocenters. The van der Waals surface area contributed by atoms with Crippen LogP contribution in [-0.2, 0) is 10.9 Å². The molecule has 0 radical (unpaired) electrons. The molecular formula is C17H15F3N4O4. The zero-order valence-corrected chi connectivity index (χ0v) is 14.4. The van der Waals surface area contributed by atoms with Crippen molar-refractivity contribution in [3.05, 3.63) is 59.5 Å². The molecule has 1 aliphatic rings. The highest BCUT2D eigenvalue weighted by Gasteiger charge is 2.30. The summed E-state index contributed by atoms with van der Waals surface area (Å²) >= 11 is 0. The van der Waals surface area contributed by atoms with Crippen LogP contribution in [0.5, 0.6) is 5.75 Å². The summed E-state index contributed by atoms with van der Waals surface area (Å²) in [6.45, 7) is 0. The number of benzene rings is 1. The van der Waals surface area contributed by atoms with Crippen molar-refractivity contribution in [1.29, 1.82) is 0 Å². The number of pyridine rings is 1. The molecular weight excluding hydrogens is 381 g/mol. The molecule has 0 bridgehead atoms. The van der Waals surface area contributed by atoms with E-state index in [4.69, 9.17) is 9.94 Å². The van der Waals surface area contributed by atoms with Gasteiger partial charge in [0.1, 0.15) is 11.5 Å². The number of nitrogens with zero attached hydrogens (tertiary/aromatic N) is 2. The van der Waals surface area contributed by atoms with E-state index in [-0.39, 0.29) is 10.8 Å². The van der Waals surface area contributed by atoms with Crippen LogP contribution in [0.25, 0.3) is 5.76 Å². The normalized spacial score (nSPS) is 16.0. The van der Waals surface area contributed by atoms with Crippen LogP contribution in [0.3, 0.4) is 0 Å². The molecule has 28 heavy (non-hydrogen) atoms. The van der Waals surface area contributed by atoms with Crippen molar-refractivity contribution < 1.29 is 33.0 Å². The molecule has 3 rings (SSSR count). The first-order valence-electron chi connectivity index (χ1n) is 7.88. The number of halogens is 3. The summed E-state index contributed by atoms with van der Waals surface area (Å²) in [6, 6.07) is 5.70. The number of hydrogen-bond donors (Lipinski definition) is 4. The van der Waals surface area contributed by atoms with Crippen molar-refractivity contribution in [2.24, 2.45) is 0 Å². The molecule has 2 heterocycles. The number of nitrogens with one attached hydrogen (secondary N) is 2. The van der Waals surface area contributed by atoms with E-state index in [9.17, 15) is 23.1 Å². The van der Waals surface area contributed by atoms with Gasteiger partial charge in [-0.3, -0.25) is 10.0 Å². The number of carbonyl (C=O) groups excluding carboxylic acids is 1. The third-order valence-electron chi connectivity index (χ3n) is 3.77. The number of carbonyl (C=O) groups is 1. The van der Waals surface area contributed by atoms with Crippen molar-refractivity contribution >= 4 is 17.4 Å². The highest BCUT2D eigenvalue weighted by Crippen LogP contribution is 2.31. The molecule has 0 saturated carbocycles. The van der Waals surface area contributed by atoms with Gasteiger partial charge in [0.25, 0.3) is 5.91 Å². The lowest BCUT2D eigenvalue weighted by Gasteiger charge is -2.17. The van der Waals surface area contributed by atoms with Crippen LogP contribution in [-0.4, -0.2) is 39.7 Å². The third-order valence-corrected chi connectivity index (χ3v) is 3.77. The first kappa shape index (κ1) is 19.3. The van der Waals surface area contributed by atoms with E-state index in [0.29, 0.717) is 17.0 Å². The molecule has 1 aliphatic heterocycles. The quantitative estimate of drug-likeness (QED) is 0.465. The predicted molar refractivity (Wildman–Crippen MR) is 90.8 cm³/mol. The number of amides is 1. The van der Waals surface area contributed by atoms with Crippen molar-refractivity contribution in [1.82, 2.24) is 15.4 Å². The Kier molecular flexibility index (Phi) is 5.01. The van der Waals surface area contributed by atoms with Gasteiger partial charge < -0.3 is 20.5 Å². The Bertz CT molecular complexity index is 914. The second-order valence-corrected chi connectivity index (χ2v) is 5.81. The van der Waals surface area contributed by atoms with E-state index in [0.717, 1.165) is 19.2 Å². The van der Waals surface area contributed by atoms with Crippen LogP contribution < -0.4 is 10.6 Å². The number of alkyl halides is 3.